The number of ketones is 1. The second-order valence-electron chi connectivity index (χ2n) is 3.20. The fourth-order valence-corrected chi connectivity index (χ4v) is 2.24. The van der Waals surface area contributed by atoms with Crippen LogP contribution in [0.4, 0.5) is 0 Å². The molecule has 7 heteroatoms. The van der Waals surface area contributed by atoms with E-state index in [1.165, 1.54) is 6.92 Å². The van der Waals surface area contributed by atoms with Gasteiger partial charge >= 0.3 is 0 Å². The Morgan fingerprint density at radius 2 is 1.35 bits per heavy atom. The summed E-state index contributed by atoms with van der Waals surface area (Å²) in [6, 6.07) is 0. The van der Waals surface area contributed by atoms with Crippen LogP contribution in [0.1, 0.15) is 13.3 Å². The van der Waals surface area contributed by atoms with E-state index in [9.17, 15) is 4.79 Å². The maximum atomic E-state index is 10.8. The van der Waals surface area contributed by atoms with E-state index in [0.29, 0.717) is 0 Å². The van der Waals surface area contributed by atoms with E-state index in [2.05, 4.69) is 0 Å². The summed E-state index contributed by atoms with van der Waals surface area (Å²) in [6.45, 7) is 1.59. The molecule has 17 heavy (non-hydrogen) atoms. The molecule has 0 atom stereocenters. The zero-order valence-corrected chi connectivity index (χ0v) is 12.4. The van der Waals surface area contributed by atoms with E-state index in [4.69, 9.17) is 62.7 Å². The first-order valence-corrected chi connectivity index (χ1v) is 6.39. The van der Waals surface area contributed by atoms with Crippen molar-refractivity contribution in [3.05, 3.63) is 25.1 Å². The molecule has 0 N–H and O–H groups in total. The molecule has 94 valence electrons. The van der Waals surface area contributed by atoms with Crippen molar-refractivity contribution >= 4 is 63.8 Å². The van der Waals surface area contributed by atoms with E-state index in [0.717, 1.165) is 0 Å². The minimum Gasteiger partial charge on any atom is -0.490 e. The van der Waals surface area contributed by atoms with Crippen LogP contribution >= 0.6 is 58.0 Å². The summed E-state index contributed by atoms with van der Waals surface area (Å²) in [5.74, 6) is 0.123. The number of rotatable bonds is 4. The number of Topliss-reactive ketones (excluding diaryl/α,β-unsaturated/α-hetero) is 1. The molecule has 0 aromatic heterocycles. The maximum Gasteiger partial charge on any atom is 0.159 e. The third-order valence-electron chi connectivity index (χ3n) is 1.87. The molecule has 1 aromatic rings. The monoisotopic (exact) mass is 334 g/mol. The lowest BCUT2D eigenvalue weighted by Gasteiger charge is -2.13. The first kappa shape index (κ1) is 15.2. The fourth-order valence-electron chi connectivity index (χ4n) is 1.01. The van der Waals surface area contributed by atoms with Gasteiger partial charge in [0.15, 0.2) is 5.75 Å². The van der Waals surface area contributed by atoms with Crippen molar-refractivity contribution in [3.63, 3.8) is 0 Å². The fraction of sp³-hybridized carbons (Fsp3) is 0.300. The van der Waals surface area contributed by atoms with Gasteiger partial charge < -0.3 is 4.74 Å². The van der Waals surface area contributed by atoms with Gasteiger partial charge in [-0.25, -0.2) is 0 Å². The number of carbonyl (C=O) groups is 1. The molecule has 0 fully saturated rings. The van der Waals surface area contributed by atoms with Crippen molar-refractivity contribution in [1.82, 2.24) is 0 Å². The van der Waals surface area contributed by atoms with Crippen molar-refractivity contribution in [2.24, 2.45) is 0 Å². The second kappa shape index (κ2) is 6.35. The number of hydrogen-bond acceptors (Lipinski definition) is 2. The zero-order chi connectivity index (χ0) is 13.2. The van der Waals surface area contributed by atoms with Crippen LogP contribution < -0.4 is 4.74 Å². The average molecular weight is 336 g/mol. The summed E-state index contributed by atoms with van der Waals surface area (Å²) in [5.41, 5.74) is 0. The molecular weight excluding hydrogens is 329 g/mol. The summed E-state index contributed by atoms with van der Waals surface area (Å²) in [7, 11) is 0. The lowest BCUT2D eigenvalue weighted by Crippen LogP contribution is -2.03. The van der Waals surface area contributed by atoms with Crippen LogP contribution in [0.25, 0.3) is 0 Å². The highest BCUT2D eigenvalue weighted by molar-refractivity contribution is 6.55. The molecule has 0 saturated heterocycles. The van der Waals surface area contributed by atoms with Crippen molar-refractivity contribution in [3.8, 4) is 5.75 Å². The largest absolute Gasteiger partial charge is 0.490 e. The van der Waals surface area contributed by atoms with Gasteiger partial charge in [-0.2, -0.15) is 0 Å². The van der Waals surface area contributed by atoms with E-state index >= 15 is 0 Å². The van der Waals surface area contributed by atoms with Crippen molar-refractivity contribution in [2.45, 2.75) is 13.3 Å². The van der Waals surface area contributed by atoms with Crippen LogP contribution in [0.3, 0.4) is 0 Å². The molecule has 1 aromatic carbocycles. The Morgan fingerprint density at radius 3 is 1.76 bits per heavy atom. The van der Waals surface area contributed by atoms with Crippen LogP contribution in [-0.4, -0.2) is 12.4 Å². The SMILES string of the molecule is CC(=O)CCOc1c(Cl)c(Cl)c(Cl)c(Cl)c1Cl. The second-order valence-corrected chi connectivity index (χ2v) is 5.09. The molecule has 0 aliphatic carbocycles. The van der Waals surface area contributed by atoms with Gasteiger partial charge in [0.2, 0.25) is 0 Å². The number of benzene rings is 1. The topological polar surface area (TPSA) is 26.3 Å². The Bertz CT molecular complexity index is 429. The van der Waals surface area contributed by atoms with Crippen molar-refractivity contribution in [2.75, 3.05) is 6.61 Å². The summed E-state index contributed by atoms with van der Waals surface area (Å²) in [4.78, 5) is 10.8. The van der Waals surface area contributed by atoms with E-state index in [-0.39, 0.29) is 49.7 Å². The highest BCUT2D eigenvalue weighted by atomic mass is 35.5. The quantitative estimate of drug-likeness (QED) is 0.550. The predicted molar refractivity (Wildman–Crippen MR) is 72.3 cm³/mol. The molecule has 0 bridgehead atoms. The third-order valence-corrected chi connectivity index (χ3v) is 4.11. The smallest absolute Gasteiger partial charge is 0.159 e. The molecule has 0 spiro atoms. The van der Waals surface area contributed by atoms with Gasteiger partial charge in [0.25, 0.3) is 0 Å². The number of carbonyl (C=O) groups excluding carboxylic acids is 1. The molecule has 0 saturated carbocycles. The van der Waals surface area contributed by atoms with E-state index in [1.807, 2.05) is 0 Å². The van der Waals surface area contributed by atoms with E-state index in [1.54, 1.807) is 0 Å². The zero-order valence-electron chi connectivity index (χ0n) is 8.62. The Kier molecular flexibility index (Phi) is 5.68. The maximum absolute atomic E-state index is 10.8. The van der Waals surface area contributed by atoms with E-state index < -0.39 is 0 Å². The molecule has 0 unspecified atom stereocenters. The lowest BCUT2D eigenvalue weighted by atomic mass is 10.3. The number of ether oxygens (including phenoxy) is 1. The minimum atomic E-state index is -0.0107. The molecule has 1 rings (SSSR count). The molecule has 0 aliphatic rings. The van der Waals surface area contributed by atoms with Crippen molar-refractivity contribution in [1.29, 1.82) is 0 Å². The average Bonchev–Trinajstić information content (AvgIpc) is 2.28. The highest BCUT2D eigenvalue weighted by Gasteiger charge is 2.20. The summed E-state index contributed by atoms with van der Waals surface area (Å²) >= 11 is 29.3. The van der Waals surface area contributed by atoms with Crippen LogP contribution in [0, 0.1) is 0 Å². The first-order chi connectivity index (χ1) is 7.86. The number of hydrogen-bond donors (Lipinski definition) is 0. The molecule has 0 amide bonds. The van der Waals surface area contributed by atoms with Crippen LogP contribution in [0.2, 0.25) is 25.1 Å². The van der Waals surface area contributed by atoms with Gasteiger partial charge in [-0.1, -0.05) is 58.0 Å². The molecule has 2 nitrogen and oxygen atoms in total. The van der Waals surface area contributed by atoms with Gasteiger partial charge in [-0.05, 0) is 6.92 Å². The summed E-state index contributed by atoms with van der Waals surface area (Å²) in [5, 5.41) is 0.368. The van der Waals surface area contributed by atoms with Gasteiger partial charge in [0.1, 0.15) is 15.8 Å². The van der Waals surface area contributed by atoms with Gasteiger partial charge in [-0.3, -0.25) is 4.79 Å². The predicted octanol–water partition coefficient (Wildman–Crippen LogP) is 5.31. The Morgan fingerprint density at radius 1 is 0.941 bits per heavy atom. The minimum absolute atomic E-state index is 0.0107. The third kappa shape index (κ3) is 3.55. The number of halogens is 5. The Hall–Kier alpha value is 0.140. The van der Waals surface area contributed by atoms with Gasteiger partial charge in [-0.15, -0.1) is 0 Å². The van der Waals surface area contributed by atoms with Gasteiger partial charge in [0.05, 0.1) is 21.7 Å². The molecular formula is C10H7Cl5O2. The molecule has 0 heterocycles. The van der Waals surface area contributed by atoms with Crippen LogP contribution in [0.5, 0.6) is 5.75 Å². The van der Waals surface area contributed by atoms with Gasteiger partial charge in [0, 0.05) is 6.42 Å². The van der Waals surface area contributed by atoms with Crippen LogP contribution in [0.15, 0.2) is 0 Å². The lowest BCUT2D eigenvalue weighted by molar-refractivity contribution is -0.117. The highest BCUT2D eigenvalue weighted by Crippen LogP contribution is 2.48. The molecule has 0 radical (unpaired) electrons. The first-order valence-electron chi connectivity index (χ1n) is 4.50. The van der Waals surface area contributed by atoms with Crippen molar-refractivity contribution < 1.29 is 9.53 Å². The normalized spacial score (nSPS) is 10.5. The summed E-state index contributed by atoms with van der Waals surface area (Å²) < 4.78 is 5.28. The summed E-state index contributed by atoms with van der Waals surface area (Å²) in [6.07, 6.45) is 0.241. The standard InChI is InChI=1S/C10H7Cl5O2/c1-4(16)2-3-17-10-8(14)6(12)5(11)7(13)9(10)15/h2-3H2,1H3. The molecule has 0 aliphatic heterocycles. The Labute approximate surface area is 124 Å². The Balaban J connectivity index is 3.03. The van der Waals surface area contributed by atoms with Crippen LogP contribution in [-0.2, 0) is 4.79 Å².